The van der Waals surface area contributed by atoms with Gasteiger partial charge in [-0.25, -0.2) is 4.99 Å². The van der Waals surface area contributed by atoms with Crippen LogP contribution in [0.2, 0.25) is 10.0 Å². The molecular formula is C21H21Cl2N3O2. The average molecular weight is 418 g/mol. The Hall–Kier alpha value is -1.92. The lowest BCUT2D eigenvalue weighted by Crippen LogP contribution is -2.50. The van der Waals surface area contributed by atoms with Crippen LogP contribution in [0.1, 0.15) is 35.2 Å². The number of piperidine rings is 1. The van der Waals surface area contributed by atoms with E-state index in [1.54, 1.807) is 12.1 Å². The second-order valence-corrected chi connectivity index (χ2v) is 7.89. The van der Waals surface area contributed by atoms with E-state index in [0.29, 0.717) is 10.9 Å². The summed E-state index contributed by atoms with van der Waals surface area (Å²) in [6, 6.07) is 14.2. The average Bonchev–Trinajstić information content (AvgIpc) is 3.06. The van der Waals surface area contributed by atoms with Crippen molar-refractivity contribution in [1.82, 2.24) is 9.80 Å². The van der Waals surface area contributed by atoms with Gasteiger partial charge in [0.15, 0.2) is 6.23 Å². The fourth-order valence-corrected chi connectivity index (χ4v) is 4.27. The Labute approximate surface area is 174 Å². The van der Waals surface area contributed by atoms with E-state index in [9.17, 15) is 9.90 Å². The van der Waals surface area contributed by atoms with Gasteiger partial charge >= 0.3 is 0 Å². The highest BCUT2D eigenvalue weighted by molar-refractivity contribution is 6.37. The summed E-state index contributed by atoms with van der Waals surface area (Å²) in [6.07, 6.45) is 1.75. The van der Waals surface area contributed by atoms with Crippen molar-refractivity contribution in [2.45, 2.75) is 31.7 Å². The largest absolute Gasteiger partial charge is 0.370 e. The van der Waals surface area contributed by atoms with Gasteiger partial charge in [0.1, 0.15) is 12.0 Å². The van der Waals surface area contributed by atoms with Gasteiger partial charge < -0.3 is 5.11 Å². The van der Waals surface area contributed by atoms with Crippen molar-refractivity contribution in [3.63, 3.8) is 0 Å². The molecule has 0 aliphatic carbocycles. The van der Waals surface area contributed by atoms with Gasteiger partial charge in [-0.1, -0.05) is 60.0 Å². The van der Waals surface area contributed by atoms with Gasteiger partial charge in [0.05, 0.1) is 10.6 Å². The van der Waals surface area contributed by atoms with E-state index in [0.717, 1.165) is 31.5 Å². The third kappa shape index (κ3) is 3.67. The molecule has 0 radical (unpaired) electrons. The van der Waals surface area contributed by atoms with Gasteiger partial charge in [-0.3, -0.25) is 14.6 Å². The minimum atomic E-state index is -1.08. The van der Waals surface area contributed by atoms with Crippen LogP contribution in [0.15, 0.2) is 53.5 Å². The van der Waals surface area contributed by atoms with Crippen LogP contribution < -0.4 is 0 Å². The summed E-state index contributed by atoms with van der Waals surface area (Å²) in [5, 5.41) is 11.8. The van der Waals surface area contributed by atoms with E-state index >= 15 is 0 Å². The summed E-state index contributed by atoms with van der Waals surface area (Å²) in [6.45, 7) is 1.72. The number of hydrogen-bond acceptors (Lipinski definition) is 4. The maximum atomic E-state index is 13.3. The normalized spacial score (nSPS) is 23.0. The number of hydrogen-bond donors (Lipinski definition) is 1. The third-order valence-electron chi connectivity index (χ3n) is 5.19. The fourth-order valence-electron chi connectivity index (χ4n) is 3.78. The number of benzene rings is 2. The van der Waals surface area contributed by atoms with Crippen molar-refractivity contribution in [2.75, 3.05) is 13.1 Å². The number of rotatable bonds is 3. The molecule has 5 nitrogen and oxygen atoms in total. The lowest BCUT2D eigenvalue weighted by molar-refractivity contribution is -0.00821. The van der Waals surface area contributed by atoms with E-state index in [2.05, 4.69) is 4.90 Å². The first-order valence-electron chi connectivity index (χ1n) is 9.40. The Morgan fingerprint density at radius 2 is 1.75 bits per heavy atom. The Bertz CT molecular complexity index is 898. The maximum absolute atomic E-state index is 13.3. The molecule has 0 saturated carbocycles. The predicted octanol–water partition coefficient (Wildman–Crippen LogP) is 4.03. The van der Waals surface area contributed by atoms with Crippen molar-refractivity contribution in [1.29, 1.82) is 0 Å². The molecule has 28 heavy (non-hydrogen) atoms. The Kier molecular flexibility index (Phi) is 5.69. The molecule has 0 unspecified atom stereocenters. The zero-order valence-corrected chi connectivity index (χ0v) is 16.8. The van der Waals surface area contributed by atoms with E-state index in [1.807, 2.05) is 30.3 Å². The number of amides is 1. The van der Waals surface area contributed by atoms with Crippen molar-refractivity contribution in [3.8, 4) is 0 Å². The summed E-state index contributed by atoms with van der Waals surface area (Å²) < 4.78 is 0. The first-order chi connectivity index (χ1) is 13.6. The molecule has 2 aliphatic rings. The zero-order chi connectivity index (χ0) is 19.7. The molecule has 2 aromatic carbocycles. The number of aliphatic hydroxyl groups is 1. The molecule has 2 heterocycles. The van der Waals surface area contributed by atoms with Gasteiger partial charge in [0.2, 0.25) is 0 Å². The van der Waals surface area contributed by atoms with E-state index in [4.69, 9.17) is 28.2 Å². The highest BCUT2D eigenvalue weighted by atomic mass is 35.5. The number of likely N-dealkylation sites (tertiary alicyclic amines) is 1. The number of halogens is 2. The van der Waals surface area contributed by atoms with Gasteiger partial charge in [0, 0.05) is 23.7 Å². The summed E-state index contributed by atoms with van der Waals surface area (Å²) in [5.74, 6) is 0.0657. The van der Waals surface area contributed by atoms with Crippen molar-refractivity contribution < 1.29 is 9.90 Å². The summed E-state index contributed by atoms with van der Waals surface area (Å²) >= 11 is 12.2. The standard InChI is InChI=1S/C21H21Cl2N3O2/c22-15-9-10-16(17(23)13-15)20(27)26-18(14-7-3-1-4-8-14)24-19(21(26)28)25-11-5-2-6-12-25/h1,3-4,7-10,13,19,21,28H,2,5-6,11-12H2/t19-,21-/m0/s1. The molecule has 4 rings (SSSR count). The van der Waals surface area contributed by atoms with Crippen LogP contribution >= 0.6 is 23.2 Å². The first kappa shape index (κ1) is 19.4. The maximum Gasteiger partial charge on any atom is 0.263 e. The Morgan fingerprint density at radius 1 is 1.04 bits per heavy atom. The van der Waals surface area contributed by atoms with Crippen LogP contribution in [0, 0.1) is 0 Å². The second kappa shape index (κ2) is 8.21. The number of aliphatic imine (C=N–C) groups is 1. The third-order valence-corrected chi connectivity index (χ3v) is 5.74. The van der Waals surface area contributed by atoms with Gasteiger partial charge in [-0.2, -0.15) is 0 Å². The lowest BCUT2D eigenvalue weighted by atomic mass is 10.1. The van der Waals surface area contributed by atoms with E-state index < -0.39 is 18.3 Å². The van der Waals surface area contributed by atoms with E-state index in [-0.39, 0.29) is 10.6 Å². The minimum Gasteiger partial charge on any atom is -0.370 e. The van der Waals surface area contributed by atoms with Gasteiger partial charge in [-0.15, -0.1) is 0 Å². The molecule has 7 heteroatoms. The molecule has 0 bridgehead atoms. The monoisotopic (exact) mass is 417 g/mol. The van der Waals surface area contributed by atoms with Crippen LogP contribution in [0.5, 0.6) is 0 Å². The Morgan fingerprint density at radius 3 is 2.43 bits per heavy atom. The molecule has 1 saturated heterocycles. The number of amidine groups is 1. The first-order valence-corrected chi connectivity index (χ1v) is 10.2. The number of aliphatic hydroxyl groups excluding tert-OH is 1. The van der Waals surface area contributed by atoms with Crippen LogP contribution in [0.4, 0.5) is 0 Å². The molecule has 146 valence electrons. The summed E-state index contributed by atoms with van der Waals surface area (Å²) in [5.41, 5.74) is 1.06. The summed E-state index contributed by atoms with van der Waals surface area (Å²) in [7, 11) is 0. The van der Waals surface area contributed by atoms with Crippen LogP contribution in [0.3, 0.4) is 0 Å². The smallest absolute Gasteiger partial charge is 0.263 e. The van der Waals surface area contributed by atoms with Gasteiger partial charge in [-0.05, 0) is 31.0 Å². The lowest BCUT2D eigenvalue weighted by Gasteiger charge is -2.33. The van der Waals surface area contributed by atoms with Crippen molar-refractivity contribution in [2.24, 2.45) is 4.99 Å². The van der Waals surface area contributed by atoms with Crippen molar-refractivity contribution in [3.05, 3.63) is 69.7 Å². The Balaban J connectivity index is 1.73. The molecule has 2 aliphatic heterocycles. The number of carbonyl (C=O) groups excluding carboxylic acids is 1. The SMILES string of the molecule is O=C(c1ccc(Cl)cc1Cl)N1C(c2ccccc2)=N[C@@H](N2CCCCC2)[C@@H]1O. The fraction of sp³-hybridized carbons (Fsp3) is 0.333. The molecule has 1 fully saturated rings. The molecule has 0 spiro atoms. The molecule has 2 atom stereocenters. The van der Waals surface area contributed by atoms with Gasteiger partial charge in [0.25, 0.3) is 5.91 Å². The van der Waals surface area contributed by atoms with Crippen molar-refractivity contribution >= 4 is 34.9 Å². The predicted molar refractivity (Wildman–Crippen MR) is 111 cm³/mol. The van der Waals surface area contributed by atoms with Crippen LogP contribution in [0.25, 0.3) is 0 Å². The number of carbonyl (C=O) groups is 1. The second-order valence-electron chi connectivity index (χ2n) is 7.04. The van der Waals surface area contributed by atoms with Crippen LogP contribution in [-0.4, -0.2) is 52.1 Å². The quantitative estimate of drug-likeness (QED) is 0.819. The minimum absolute atomic E-state index is 0.249. The molecule has 1 N–H and O–H groups in total. The highest BCUT2D eigenvalue weighted by Crippen LogP contribution is 2.29. The van der Waals surface area contributed by atoms with E-state index in [1.165, 1.54) is 17.4 Å². The zero-order valence-electron chi connectivity index (χ0n) is 15.3. The molecule has 1 amide bonds. The topological polar surface area (TPSA) is 56.1 Å². The highest BCUT2D eigenvalue weighted by Gasteiger charge is 2.43. The summed E-state index contributed by atoms with van der Waals surface area (Å²) in [4.78, 5) is 21.6. The number of nitrogens with zero attached hydrogens (tertiary/aromatic N) is 3. The molecule has 0 aromatic heterocycles. The molecule has 2 aromatic rings. The van der Waals surface area contributed by atoms with Crippen LogP contribution in [-0.2, 0) is 0 Å². The molecular weight excluding hydrogens is 397 g/mol.